The van der Waals surface area contributed by atoms with Crippen LogP contribution in [0, 0.1) is 0 Å². The fourth-order valence-corrected chi connectivity index (χ4v) is 3.17. The van der Waals surface area contributed by atoms with Crippen molar-refractivity contribution >= 4 is 34.1 Å². The summed E-state index contributed by atoms with van der Waals surface area (Å²) in [5.74, 6) is 6.22. The van der Waals surface area contributed by atoms with Crippen LogP contribution in [0.4, 0.5) is 5.69 Å². The van der Waals surface area contributed by atoms with Crippen molar-refractivity contribution in [1.29, 1.82) is 0 Å². The Kier molecular flexibility index (Phi) is 5.30. The first-order valence-corrected chi connectivity index (χ1v) is 8.65. The number of carbonyl (C=O) groups is 1. The van der Waals surface area contributed by atoms with E-state index in [1.165, 1.54) is 55.6 Å². The molecule has 0 saturated carbocycles. The average Bonchev–Trinajstić information content (AvgIpc) is 2.60. The fourth-order valence-electron chi connectivity index (χ4n) is 1.89. The van der Waals surface area contributed by atoms with E-state index < -0.39 is 10.0 Å². The molecule has 2 rings (SSSR count). The highest BCUT2D eigenvalue weighted by atomic mass is 32.2. The Labute approximate surface area is 140 Å². The lowest BCUT2D eigenvalue weighted by Gasteiger charge is -2.19. The van der Waals surface area contributed by atoms with Crippen molar-refractivity contribution in [2.24, 2.45) is 5.84 Å². The van der Waals surface area contributed by atoms with E-state index in [0.29, 0.717) is 15.7 Å². The predicted molar refractivity (Wildman–Crippen MR) is 91.5 cm³/mol. The van der Waals surface area contributed by atoms with Crippen molar-refractivity contribution in [2.45, 2.75) is 4.90 Å². The molecule has 2 N–H and O–H groups in total. The number of anilines is 1. The van der Waals surface area contributed by atoms with Gasteiger partial charge in [0.25, 0.3) is 10.0 Å². The second-order valence-corrected chi connectivity index (χ2v) is 6.74. The Morgan fingerprint density at radius 1 is 1.13 bits per heavy atom. The normalized spacial score (nSPS) is 11.1. The van der Waals surface area contributed by atoms with Gasteiger partial charge in [0.05, 0.1) is 23.4 Å². The van der Waals surface area contributed by atoms with Crippen LogP contribution in [0.1, 0.15) is 10.4 Å². The first-order valence-electron chi connectivity index (χ1n) is 6.58. The predicted octanol–water partition coefficient (Wildman–Crippen LogP) is 1.88. The van der Waals surface area contributed by atoms with Crippen molar-refractivity contribution in [3.63, 3.8) is 0 Å². The maximum absolute atomic E-state index is 12.5. The van der Waals surface area contributed by atoms with Crippen molar-refractivity contribution in [2.75, 3.05) is 17.3 Å². The Bertz CT molecular complexity index is 787. The van der Waals surface area contributed by atoms with E-state index >= 15 is 0 Å². The second kappa shape index (κ2) is 7.03. The van der Waals surface area contributed by atoms with Crippen LogP contribution in [0.25, 0.3) is 0 Å². The number of ether oxygens (including phenoxy) is 1. The number of benzene rings is 2. The number of nitrogens with zero attached hydrogens (tertiary/aromatic N) is 1. The zero-order valence-corrected chi connectivity index (χ0v) is 14.0. The highest BCUT2D eigenvalue weighted by Gasteiger charge is 2.22. The lowest BCUT2D eigenvalue weighted by molar-refractivity contribution is 0.102. The number of rotatable bonds is 6. The van der Waals surface area contributed by atoms with Crippen LogP contribution in [0.3, 0.4) is 0 Å². The number of ketones is 1. The van der Waals surface area contributed by atoms with Gasteiger partial charge < -0.3 is 4.74 Å². The molecule has 0 spiro atoms. The molecule has 0 aliphatic heterocycles. The molecule has 0 bridgehead atoms. The third-order valence-electron chi connectivity index (χ3n) is 3.20. The Balaban J connectivity index is 2.30. The van der Waals surface area contributed by atoms with E-state index in [2.05, 4.69) is 12.6 Å². The molecule has 0 amide bonds. The van der Waals surface area contributed by atoms with Gasteiger partial charge in [-0.1, -0.05) is 0 Å². The van der Waals surface area contributed by atoms with Gasteiger partial charge in [-0.05, 0) is 48.5 Å². The van der Waals surface area contributed by atoms with Gasteiger partial charge in [0.15, 0.2) is 5.78 Å². The topological polar surface area (TPSA) is 89.7 Å². The third-order valence-corrected chi connectivity index (χ3v) is 5.09. The van der Waals surface area contributed by atoms with Crippen LogP contribution in [0.2, 0.25) is 0 Å². The van der Waals surface area contributed by atoms with Gasteiger partial charge in [-0.15, -0.1) is 0 Å². The lowest BCUT2D eigenvalue weighted by atomic mass is 10.1. The fraction of sp³-hybridized carbons (Fsp3) is 0.133. The molecule has 23 heavy (non-hydrogen) atoms. The number of sulfonamides is 1. The van der Waals surface area contributed by atoms with E-state index in [1.807, 2.05) is 0 Å². The second-order valence-electron chi connectivity index (χ2n) is 4.60. The molecule has 2 aromatic rings. The number of nitrogens with two attached hydrogens (primary N) is 1. The largest absolute Gasteiger partial charge is 0.497 e. The summed E-state index contributed by atoms with van der Waals surface area (Å²) in [4.78, 5) is 11.6. The Morgan fingerprint density at radius 3 is 2.17 bits per heavy atom. The van der Waals surface area contributed by atoms with E-state index in [1.54, 1.807) is 0 Å². The Morgan fingerprint density at radius 2 is 1.70 bits per heavy atom. The number of Topliss-reactive ketones (excluding diaryl/α,β-unsaturated/α-hetero) is 1. The SMILES string of the molecule is COc1ccc(S(=O)(=O)N(N)c2ccc(C(=O)CS)cc2)cc1. The molecular weight excluding hydrogens is 336 g/mol. The zero-order chi connectivity index (χ0) is 17.0. The highest BCUT2D eigenvalue weighted by molar-refractivity contribution is 7.92. The van der Waals surface area contributed by atoms with Crippen molar-refractivity contribution in [1.82, 2.24) is 0 Å². The van der Waals surface area contributed by atoms with Gasteiger partial charge in [-0.3, -0.25) is 4.79 Å². The molecule has 0 atom stereocenters. The van der Waals surface area contributed by atoms with Gasteiger partial charge in [0.1, 0.15) is 5.75 Å². The molecule has 0 radical (unpaired) electrons. The van der Waals surface area contributed by atoms with Crippen molar-refractivity contribution in [3.05, 3.63) is 54.1 Å². The minimum absolute atomic E-state index is 0.0383. The van der Waals surface area contributed by atoms with Crippen LogP contribution in [-0.2, 0) is 10.0 Å². The minimum atomic E-state index is -3.90. The van der Waals surface area contributed by atoms with Crippen molar-refractivity contribution < 1.29 is 17.9 Å². The first kappa shape index (κ1) is 17.3. The molecule has 122 valence electrons. The molecule has 2 aromatic carbocycles. The molecule has 0 heterocycles. The van der Waals surface area contributed by atoms with Gasteiger partial charge in [-0.25, -0.2) is 10.3 Å². The average molecular weight is 352 g/mol. The first-order chi connectivity index (χ1) is 10.9. The van der Waals surface area contributed by atoms with E-state index in [0.717, 1.165) is 0 Å². The molecule has 0 unspecified atom stereocenters. The molecule has 0 aliphatic carbocycles. The van der Waals surface area contributed by atoms with E-state index in [4.69, 9.17) is 10.6 Å². The van der Waals surface area contributed by atoms with Crippen LogP contribution in [-0.4, -0.2) is 27.1 Å². The van der Waals surface area contributed by atoms with Gasteiger partial charge in [0.2, 0.25) is 0 Å². The minimum Gasteiger partial charge on any atom is -0.497 e. The van der Waals surface area contributed by atoms with Crippen molar-refractivity contribution in [3.8, 4) is 5.75 Å². The number of hydrogen-bond donors (Lipinski definition) is 2. The molecule has 0 fully saturated rings. The number of hydrazine groups is 1. The summed E-state index contributed by atoms with van der Waals surface area (Å²) in [5, 5.41) is 0. The number of carbonyl (C=O) groups excluding carboxylic acids is 1. The molecule has 0 aromatic heterocycles. The lowest BCUT2D eigenvalue weighted by Crippen LogP contribution is -2.37. The molecule has 6 nitrogen and oxygen atoms in total. The number of methoxy groups -OCH3 is 1. The number of thiol groups is 1. The molecule has 8 heteroatoms. The van der Waals surface area contributed by atoms with E-state index in [9.17, 15) is 13.2 Å². The Hall–Kier alpha value is -2.03. The summed E-state index contributed by atoms with van der Waals surface area (Å²) in [6.45, 7) is 0. The van der Waals surface area contributed by atoms with Gasteiger partial charge >= 0.3 is 0 Å². The summed E-state index contributed by atoms with van der Waals surface area (Å²) < 4.78 is 30.6. The van der Waals surface area contributed by atoms with Crippen LogP contribution in [0.5, 0.6) is 5.75 Å². The third kappa shape index (κ3) is 3.66. The standard InChI is InChI=1S/C15H16N2O4S2/c1-21-13-6-8-14(9-7-13)23(19,20)17(16)12-4-2-11(3-5-12)15(18)10-22/h2-9,22H,10,16H2,1H3. The molecule has 0 aliphatic rings. The van der Waals surface area contributed by atoms with Crippen LogP contribution >= 0.6 is 12.6 Å². The maximum atomic E-state index is 12.5. The van der Waals surface area contributed by atoms with Gasteiger partial charge in [0, 0.05) is 5.56 Å². The maximum Gasteiger partial charge on any atom is 0.277 e. The monoisotopic (exact) mass is 352 g/mol. The van der Waals surface area contributed by atoms with Crippen LogP contribution in [0.15, 0.2) is 53.4 Å². The number of hydrogen-bond acceptors (Lipinski definition) is 6. The van der Waals surface area contributed by atoms with Crippen LogP contribution < -0.4 is 15.0 Å². The summed E-state index contributed by atoms with van der Waals surface area (Å²) in [7, 11) is -2.41. The summed E-state index contributed by atoms with van der Waals surface area (Å²) in [6.07, 6.45) is 0. The summed E-state index contributed by atoms with van der Waals surface area (Å²) in [6, 6.07) is 11.9. The molecule has 0 saturated heterocycles. The highest BCUT2D eigenvalue weighted by Crippen LogP contribution is 2.23. The summed E-state index contributed by atoms with van der Waals surface area (Å²) in [5.41, 5.74) is 0.690. The zero-order valence-electron chi connectivity index (χ0n) is 12.3. The van der Waals surface area contributed by atoms with Gasteiger partial charge in [-0.2, -0.15) is 21.0 Å². The molecular formula is C15H16N2O4S2. The quantitative estimate of drug-likeness (QED) is 0.359. The van der Waals surface area contributed by atoms with E-state index in [-0.39, 0.29) is 22.1 Å². The summed E-state index contributed by atoms with van der Waals surface area (Å²) >= 11 is 3.91. The smallest absolute Gasteiger partial charge is 0.277 e.